The molecule has 0 spiro atoms. The van der Waals surface area contributed by atoms with Crippen LogP contribution in [0, 0.1) is 0 Å². The van der Waals surface area contributed by atoms with E-state index in [9.17, 15) is 13.5 Å². The van der Waals surface area contributed by atoms with E-state index in [1.807, 2.05) is 12.1 Å². The molecule has 4 nitrogen and oxygen atoms in total. The standard InChI is InChI=1S/C16H19NO3S/c1-16(2,3)11-4-6-12(7-5-11)21(19,20)13-8-9-14(17)15(18)10-13/h4-10,18H,17H2,1-3H3. The zero-order valence-electron chi connectivity index (χ0n) is 12.3. The maximum Gasteiger partial charge on any atom is 0.206 e. The molecule has 0 bridgehead atoms. The molecule has 2 aromatic rings. The van der Waals surface area contributed by atoms with Crippen LogP contribution in [0.2, 0.25) is 0 Å². The molecular formula is C16H19NO3S. The Balaban J connectivity index is 2.46. The molecule has 21 heavy (non-hydrogen) atoms. The summed E-state index contributed by atoms with van der Waals surface area (Å²) in [5, 5.41) is 9.57. The van der Waals surface area contributed by atoms with Crippen LogP contribution < -0.4 is 5.73 Å². The Morgan fingerprint density at radius 3 is 1.95 bits per heavy atom. The second-order valence-corrected chi connectivity index (χ2v) is 7.95. The van der Waals surface area contributed by atoms with Crippen molar-refractivity contribution < 1.29 is 13.5 Å². The number of hydrogen-bond donors (Lipinski definition) is 2. The van der Waals surface area contributed by atoms with Gasteiger partial charge in [-0.05, 0) is 35.2 Å². The molecule has 0 aromatic heterocycles. The van der Waals surface area contributed by atoms with Gasteiger partial charge in [0.05, 0.1) is 15.5 Å². The van der Waals surface area contributed by atoms with Gasteiger partial charge < -0.3 is 10.8 Å². The second-order valence-electron chi connectivity index (χ2n) is 6.00. The molecule has 5 heteroatoms. The Kier molecular flexibility index (Phi) is 3.72. The Morgan fingerprint density at radius 1 is 0.952 bits per heavy atom. The Bertz CT molecular complexity index is 757. The highest BCUT2D eigenvalue weighted by Crippen LogP contribution is 2.29. The summed E-state index contributed by atoms with van der Waals surface area (Å²) >= 11 is 0. The summed E-state index contributed by atoms with van der Waals surface area (Å²) in [6, 6.07) is 10.7. The highest BCUT2D eigenvalue weighted by molar-refractivity contribution is 7.91. The van der Waals surface area contributed by atoms with Gasteiger partial charge in [0, 0.05) is 6.07 Å². The topological polar surface area (TPSA) is 80.4 Å². The summed E-state index contributed by atoms with van der Waals surface area (Å²) in [6.07, 6.45) is 0. The minimum Gasteiger partial charge on any atom is -0.506 e. The summed E-state index contributed by atoms with van der Waals surface area (Å²) in [7, 11) is -3.66. The first-order valence-corrected chi connectivity index (χ1v) is 8.05. The lowest BCUT2D eigenvalue weighted by atomic mass is 9.87. The maximum atomic E-state index is 12.5. The highest BCUT2D eigenvalue weighted by Gasteiger charge is 2.20. The number of nitrogen functional groups attached to an aromatic ring is 1. The first-order valence-electron chi connectivity index (χ1n) is 6.56. The third kappa shape index (κ3) is 3.03. The van der Waals surface area contributed by atoms with Gasteiger partial charge in [0.2, 0.25) is 9.84 Å². The summed E-state index contributed by atoms with van der Waals surface area (Å²) < 4.78 is 25.0. The number of benzene rings is 2. The van der Waals surface area contributed by atoms with E-state index in [0.717, 1.165) is 5.56 Å². The lowest BCUT2D eigenvalue weighted by Gasteiger charge is -2.19. The largest absolute Gasteiger partial charge is 0.506 e. The number of anilines is 1. The monoisotopic (exact) mass is 305 g/mol. The van der Waals surface area contributed by atoms with E-state index >= 15 is 0 Å². The Labute approximate surface area is 125 Å². The van der Waals surface area contributed by atoms with Crippen LogP contribution in [0.3, 0.4) is 0 Å². The molecule has 0 unspecified atom stereocenters. The second kappa shape index (κ2) is 5.07. The van der Waals surface area contributed by atoms with Crippen LogP contribution in [0.4, 0.5) is 5.69 Å². The lowest BCUT2D eigenvalue weighted by molar-refractivity contribution is 0.476. The number of nitrogens with two attached hydrogens (primary N) is 1. The van der Waals surface area contributed by atoms with Crippen LogP contribution in [-0.2, 0) is 15.3 Å². The SMILES string of the molecule is CC(C)(C)c1ccc(S(=O)(=O)c2ccc(N)c(O)c2)cc1. The smallest absolute Gasteiger partial charge is 0.206 e. The molecule has 0 saturated heterocycles. The highest BCUT2D eigenvalue weighted by atomic mass is 32.2. The third-order valence-electron chi connectivity index (χ3n) is 3.34. The minimum absolute atomic E-state index is 0.0257. The van der Waals surface area contributed by atoms with Crippen molar-refractivity contribution in [1.82, 2.24) is 0 Å². The van der Waals surface area contributed by atoms with Gasteiger partial charge in [-0.15, -0.1) is 0 Å². The van der Waals surface area contributed by atoms with Gasteiger partial charge in [-0.3, -0.25) is 0 Å². The molecule has 0 radical (unpaired) electrons. The van der Waals surface area contributed by atoms with E-state index in [4.69, 9.17) is 5.73 Å². The lowest BCUT2D eigenvalue weighted by Crippen LogP contribution is -2.11. The van der Waals surface area contributed by atoms with Gasteiger partial charge in [-0.2, -0.15) is 0 Å². The number of aromatic hydroxyl groups is 1. The summed E-state index contributed by atoms with van der Waals surface area (Å²) in [5.41, 5.74) is 6.66. The van der Waals surface area contributed by atoms with E-state index in [-0.39, 0.29) is 26.6 Å². The quantitative estimate of drug-likeness (QED) is 0.660. The Hall–Kier alpha value is -2.01. The molecule has 2 rings (SSSR count). The fraction of sp³-hybridized carbons (Fsp3) is 0.250. The fourth-order valence-electron chi connectivity index (χ4n) is 1.96. The van der Waals surface area contributed by atoms with Crippen LogP contribution in [0.25, 0.3) is 0 Å². The predicted octanol–water partition coefficient (Wildman–Crippen LogP) is 3.10. The van der Waals surface area contributed by atoms with Crippen LogP contribution in [-0.4, -0.2) is 13.5 Å². The van der Waals surface area contributed by atoms with Crippen molar-refractivity contribution in [3.8, 4) is 5.75 Å². The van der Waals surface area contributed by atoms with E-state index in [1.165, 1.54) is 18.2 Å². The Morgan fingerprint density at radius 2 is 1.48 bits per heavy atom. The zero-order chi connectivity index (χ0) is 15.8. The van der Waals surface area contributed by atoms with Gasteiger partial charge in [0.1, 0.15) is 5.75 Å². The van der Waals surface area contributed by atoms with E-state index in [1.54, 1.807) is 12.1 Å². The van der Waals surface area contributed by atoms with Gasteiger partial charge in [-0.1, -0.05) is 32.9 Å². The molecule has 0 aliphatic rings. The molecule has 0 heterocycles. The van der Waals surface area contributed by atoms with Crippen molar-refractivity contribution in [1.29, 1.82) is 0 Å². The molecule has 0 aliphatic heterocycles. The zero-order valence-corrected chi connectivity index (χ0v) is 13.1. The van der Waals surface area contributed by atoms with Gasteiger partial charge >= 0.3 is 0 Å². The van der Waals surface area contributed by atoms with Crippen molar-refractivity contribution >= 4 is 15.5 Å². The average molecular weight is 305 g/mol. The fourth-order valence-corrected chi connectivity index (χ4v) is 3.24. The molecule has 112 valence electrons. The molecule has 3 N–H and O–H groups in total. The minimum atomic E-state index is -3.66. The number of phenols is 1. The van der Waals surface area contributed by atoms with Crippen molar-refractivity contribution in [2.24, 2.45) is 0 Å². The predicted molar refractivity (Wildman–Crippen MR) is 83.1 cm³/mol. The summed E-state index contributed by atoms with van der Waals surface area (Å²) in [5.74, 6) is -0.234. The molecule has 0 aliphatic carbocycles. The first kappa shape index (κ1) is 15.4. The van der Waals surface area contributed by atoms with E-state index < -0.39 is 9.84 Å². The summed E-state index contributed by atoms with van der Waals surface area (Å²) in [6.45, 7) is 6.19. The van der Waals surface area contributed by atoms with Crippen molar-refractivity contribution in [3.63, 3.8) is 0 Å². The molecule has 2 aromatic carbocycles. The number of hydrogen-bond acceptors (Lipinski definition) is 4. The normalized spacial score (nSPS) is 12.3. The number of phenolic OH excluding ortho intramolecular Hbond substituents is 1. The molecule has 0 fully saturated rings. The van der Waals surface area contributed by atoms with Crippen molar-refractivity contribution in [3.05, 3.63) is 48.0 Å². The van der Waals surface area contributed by atoms with Crippen molar-refractivity contribution in [2.45, 2.75) is 36.0 Å². The van der Waals surface area contributed by atoms with Crippen LogP contribution >= 0.6 is 0 Å². The average Bonchev–Trinajstić information content (AvgIpc) is 2.41. The van der Waals surface area contributed by atoms with E-state index in [2.05, 4.69) is 20.8 Å². The van der Waals surface area contributed by atoms with Crippen LogP contribution in [0.1, 0.15) is 26.3 Å². The molecule has 0 atom stereocenters. The van der Waals surface area contributed by atoms with Crippen LogP contribution in [0.5, 0.6) is 5.75 Å². The first-order chi connectivity index (χ1) is 9.62. The summed E-state index contributed by atoms with van der Waals surface area (Å²) in [4.78, 5) is 0.220. The van der Waals surface area contributed by atoms with Gasteiger partial charge in [0.15, 0.2) is 0 Å². The maximum absolute atomic E-state index is 12.5. The van der Waals surface area contributed by atoms with Gasteiger partial charge in [-0.25, -0.2) is 8.42 Å². The molecule has 0 amide bonds. The molecule has 0 saturated carbocycles. The van der Waals surface area contributed by atoms with E-state index in [0.29, 0.717) is 0 Å². The van der Waals surface area contributed by atoms with Crippen LogP contribution in [0.15, 0.2) is 52.3 Å². The number of rotatable bonds is 2. The third-order valence-corrected chi connectivity index (χ3v) is 5.11. The number of sulfone groups is 1. The molecular weight excluding hydrogens is 286 g/mol. The van der Waals surface area contributed by atoms with Gasteiger partial charge in [0.25, 0.3) is 0 Å². The van der Waals surface area contributed by atoms with Crippen molar-refractivity contribution in [2.75, 3.05) is 5.73 Å².